The molecule has 0 aliphatic carbocycles. The van der Waals surface area contributed by atoms with Crippen molar-refractivity contribution < 1.29 is 9.53 Å². The molecule has 0 bridgehead atoms. The summed E-state index contributed by atoms with van der Waals surface area (Å²) in [5, 5.41) is 3.11. The maximum Gasteiger partial charge on any atom is 0.336 e. The van der Waals surface area contributed by atoms with Crippen LogP contribution in [-0.4, -0.2) is 21.7 Å². The fourth-order valence-corrected chi connectivity index (χ4v) is 3.89. The average molecular weight is 426 g/mol. The van der Waals surface area contributed by atoms with E-state index in [2.05, 4.69) is 19.2 Å². The summed E-state index contributed by atoms with van der Waals surface area (Å²) in [4.78, 5) is 38.9. The largest absolute Gasteiger partial charge is 0.462 e. The van der Waals surface area contributed by atoms with Crippen molar-refractivity contribution in [2.24, 2.45) is 20.0 Å². The van der Waals surface area contributed by atoms with Gasteiger partial charge in [0, 0.05) is 19.8 Å². The number of carbonyl (C=O) groups is 1. The summed E-state index contributed by atoms with van der Waals surface area (Å²) < 4.78 is 8.04. The number of hydrogen-bond acceptors (Lipinski definition) is 5. The van der Waals surface area contributed by atoms with Gasteiger partial charge in [-0.1, -0.05) is 52.0 Å². The van der Waals surface area contributed by atoms with E-state index in [-0.39, 0.29) is 12.5 Å². The number of fused-ring (bicyclic) bond motifs is 1. The van der Waals surface area contributed by atoms with Crippen molar-refractivity contribution in [3.63, 3.8) is 0 Å². The highest BCUT2D eigenvalue weighted by molar-refractivity contribution is 5.94. The van der Waals surface area contributed by atoms with Gasteiger partial charge in [-0.3, -0.25) is 13.9 Å². The highest BCUT2D eigenvalue weighted by Crippen LogP contribution is 2.40. The Labute approximate surface area is 182 Å². The molecular formula is C24H31N3O4. The first-order valence-corrected chi connectivity index (χ1v) is 10.6. The molecule has 0 saturated carbocycles. The molecule has 1 atom stereocenters. The lowest BCUT2D eigenvalue weighted by Gasteiger charge is -2.31. The van der Waals surface area contributed by atoms with Crippen LogP contribution in [0.15, 0.2) is 45.1 Å². The van der Waals surface area contributed by atoms with Crippen LogP contribution in [0.2, 0.25) is 0 Å². The van der Waals surface area contributed by atoms with Crippen molar-refractivity contribution in [1.82, 2.24) is 9.13 Å². The Kier molecular flexibility index (Phi) is 6.25. The van der Waals surface area contributed by atoms with E-state index in [1.54, 1.807) is 14.0 Å². The molecule has 2 aromatic rings. The molecule has 3 rings (SSSR count). The fraction of sp³-hybridized carbons (Fsp3) is 0.458. The van der Waals surface area contributed by atoms with E-state index in [1.165, 1.54) is 11.6 Å². The van der Waals surface area contributed by atoms with E-state index in [0.29, 0.717) is 28.6 Å². The van der Waals surface area contributed by atoms with Crippen molar-refractivity contribution in [3.05, 3.63) is 73.1 Å². The zero-order chi connectivity index (χ0) is 23.0. The van der Waals surface area contributed by atoms with Crippen LogP contribution < -0.4 is 16.6 Å². The highest BCUT2D eigenvalue weighted by Gasteiger charge is 2.37. The number of aromatic nitrogens is 2. The molecule has 1 aromatic carbocycles. The fourth-order valence-electron chi connectivity index (χ4n) is 3.89. The van der Waals surface area contributed by atoms with Gasteiger partial charge in [-0.05, 0) is 29.9 Å². The molecule has 0 fully saturated rings. The van der Waals surface area contributed by atoms with Gasteiger partial charge in [-0.2, -0.15) is 0 Å². The third-order valence-corrected chi connectivity index (χ3v) is 5.69. The molecule has 31 heavy (non-hydrogen) atoms. The van der Waals surface area contributed by atoms with Crippen LogP contribution in [-0.2, 0) is 23.6 Å². The third kappa shape index (κ3) is 4.09. The number of esters is 1. The summed E-state index contributed by atoms with van der Waals surface area (Å²) in [6, 6.07) is 7.92. The first kappa shape index (κ1) is 22.6. The van der Waals surface area contributed by atoms with Crippen LogP contribution in [0.25, 0.3) is 0 Å². The zero-order valence-corrected chi connectivity index (χ0v) is 19.3. The first-order valence-electron chi connectivity index (χ1n) is 10.6. The van der Waals surface area contributed by atoms with E-state index >= 15 is 0 Å². The van der Waals surface area contributed by atoms with Gasteiger partial charge in [0.2, 0.25) is 0 Å². The van der Waals surface area contributed by atoms with Crippen molar-refractivity contribution in [2.45, 2.75) is 46.5 Å². The summed E-state index contributed by atoms with van der Waals surface area (Å²) in [7, 11) is 3.06. The molecular weight excluding hydrogens is 394 g/mol. The van der Waals surface area contributed by atoms with Crippen LogP contribution in [0.4, 0.5) is 5.82 Å². The Morgan fingerprint density at radius 3 is 2.23 bits per heavy atom. The van der Waals surface area contributed by atoms with Gasteiger partial charge in [0.15, 0.2) is 0 Å². The van der Waals surface area contributed by atoms with E-state index in [0.717, 1.165) is 15.7 Å². The van der Waals surface area contributed by atoms with Crippen molar-refractivity contribution >= 4 is 11.8 Å². The molecule has 1 aliphatic heterocycles. The second-order valence-corrected chi connectivity index (χ2v) is 8.88. The third-order valence-electron chi connectivity index (χ3n) is 5.69. The first-order chi connectivity index (χ1) is 14.5. The number of carbonyl (C=O) groups excluding carboxylic acids is 1. The maximum absolute atomic E-state index is 13.2. The second-order valence-electron chi connectivity index (χ2n) is 8.88. The Morgan fingerprint density at radius 2 is 1.68 bits per heavy atom. The predicted octanol–water partition coefficient (Wildman–Crippen LogP) is 3.24. The average Bonchev–Trinajstić information content (AvgIpc) is 2.73. The smallest absolute Gasteiger partial charge is 0.336 e. The molecule has 7 heteroatoms. The summed E-state index contributed by atoms with van der Waals surface area (Å²) in [6.07, 6.45) is 0. The standard InChI is InChI=1S/C24H31N3O4/c1-13(2)12-31-23(29)18-15(5)25-21-20(22(28)27(7)24(30)26(21)6)19(18)17-10-8-16(9-11-17)14(3)4/h8-11,13-14,19,25H,12H2,1-7H3/t19-/m1/s1. The van der Waals surface area contributed by atoms with Gasteiger partial charge < -0.3 is 10.1 Å². The summed E-state index contributed by atoms with van der Waals surface area (Å²) >= 11 is 0. The van der Waals surface area contributed by atoms with Crippen molar-refractivity contribution in [1.29, 1.82) is 0 Å². The zero-order valence-electron chi connectivity index (χ0n) is 19.3. The Hall–Kier alpha value is -3.09. The predicted molar refractivity (Wildman–Crippen MR) is 121 cm³/mol. The topological polar surface area (TPSA) is 82.3 Å². The van der Waals surface area contributed by atoms with Gasteiger partial charge in [0.1, 0.15) is 5.82 Å². The molecule has 7 nitrogen and oxygen atoms in total. The highest BCUT2D eigenvalue weighted by atomic mass is 16.5. The molecule has 1 aromatic heterocycles. The molecule has 1 aliphatic rings. The minimum atomic E-state index is -0.636. The molecule has 2 heterocycles. The number of hydrogen-bond donors (Lipinski definition) is 1. The van der Waals surface area contributed by atoms with Gasteiger partial charge in [-0.15, -0.1) is 0 Å². The monoisotopic (exact) mass is 425 g/mol. The van der Waals surface area contributed by atoms with E-state index in [4.69, 9.17) is 4.74 Å². The molecule has 0 spiro atoms. The number of allylic oxidation sites excluding steroid dienone is 1. The molecule has 0 unspecified atom stereocenters. The van der Waals surface area contributed by atoms with Crippen molar-refractivity contribution in [3.8, 4) is 0 Å². The van der Waals surface area contributed by atoms with Gasteiger partial charge in [-0.25, -0.2) is 9.59 Å². The molecule has 166 valence electrons. The quantitative estimate of drug-likeness (QED) is 0.744. The van der Waals surface area contributed by atoms with Gasteiger partial charge in [0.05, 0.1) is 23.7 Å². The van der Waals surface area contributed by atoms with E-state index < -0.39 is 23.1 Å². The maximum atomic E-state index is 13.2. The molecule has 0 radical (unpaired) electrons. The summed E-state index contributed by atoms with van der Waals surface area (Å²) in [5.74, 6) is -0.147. The summed E-state index contributed by atoms with van der Waals surface area (Å²) in [5.41, 5.74) is 2.44. The number of anilines is 1. The lowest BCUT2D eigenvalue weighted by Crippen LogP contribution is -2.43. The van der Waals surface area contributed by atoms with Gasteiger partial charge >= 0.3 is 11.7 Å². The lowest BCUT2D eigenvalue weighted by atomic mass is 9.81. The van der Waals surface area contributed by atoms with Crippen LogP contribution in [0.3, 0.4) is 0 Å². The van der Waals surface area contributed by atoms with Crippen LogP contribution >= 0.6 is 0 Å². The minimum Gasteiger partial charge on any atom is -0.462 e. The summed E-state index contributed by atoms with van der Waals surface area (Å²) in [6.45, 7) is 10.2. The van der Waals surface area contributed by atoms with Gasteiger partial charge in [0.25, 0.3) is 5.56 Å². The molecule has 0 saturated heterocycles. The molecule has 0 amide bonds. The number of rotatable bonds is 5. The number of nitrogens with one attached hydrogen (secondary N) is 1. The van der Waals surface area contributed by atoms with Crippen LogP contribution in [0.1, 0.15) is 63.1 Å². The molecule has 1 N–H and O–H groups in total. The van der Waals surface area contributed by atoms with Crippen LogP contribution in [0.5, 0.6) is 0 Å². The number of ether oxygens (including phenoxy) is 1. The lowest BCUT2D eigenvalue weighted by molar-refractivity contribution is -0.140. The number of nitrogens with zero attached hydrogens (tertiary/aromatic N) is 2. The second kappa shape index (κ2) is 8.57. The SMILES string of the molecule is CC1=C(C(=O)OCC(C)C)[C@@H](c2ccc(C(C)C)cc2)c2c(n(C)c(=O)n(C)c2=O)N1. The van der Waals surface area contributed by atoms with Crippen LogP contribution in [0, 0.1) is 5.92 Å². The Balaban J connectivity index is 2.26. The van der Waals surface area contributed by atoms with Crippen molar-refractivity contribution in [2.75, 3.05) is 11.9 Å². The number of benzene rings is 1. The Bertz CT molecular complexity index is 1150. The van der Waals surface area contributed by atoms with E-state index in [1.807, 2.05) is 38.1 Å². The minimum absolute atomic E-state index is 0.186. The normalized spacial score (nSPS) is 15.8. The Morgan fingerprint density at radius 1 is 1.06 bits per heavy atom. The van der Waals surface area contributed by atoms with E-state index in [9.17, 15) is 14.4 Å².